The van der Waals surface area contributed by atoms with Gasteiger partial charge in [-0.25, -0.2) is 9.69 Å². The van der Waals surface area contributed by atoms with Crippen LogP contribution in [0.5, 0.6) is 5.75 Å². The number of carboxylic acid groups (broad SMARTS) is 1. The number of fused-ring (bicyclic) bond motifs is 1. The van der Waals surface area contributed by atoms with Crippen LogP contribution < -0.4 is 9.64 Å². The average Bonchev–Trinajstić information content (AvgIpc) is 2.80. The van der Waals surface area contributed by atoms with Crippen LogP contribution >= 0.6 is 11.6 Å². The maximum atomic E-state index is 12.7. The Morgan fingerprint density at radius 3 is 2.36 bits per heavy atom. The summed E-state index contributed by atoms with van der Waals surface area (Å²) in [7, 11) is 0. The van der Waals surface area contributed by atoms with Crippen molar-refractivity contribution in [2.75, 3.05) is 4.90 Å². The quantitative estimate of drug-likeness (QED) is 0.513. The number of aromatic carboxylic acids is 1. The first-order valence-electron chi connectivity index (χ1n) is 7.03. The van der Waals surface area contributed by atoms with Crippen LogP contribution in [-0.2, 0) is 4.79 Å². The lowest BCUT2D eigenvalue weighted by molar-refractivity contribution is -0.131. The fourth-order valence-electron chi connectivity index (χ4n) is 2.50. The van der Waals surface area contributed by atoms with Gasteiger partial charge >= 0.3 is 11.9 Å². The lowest BCUT2D eigenvalue weighted by Crippen LogP contribution is -2.30. The lowest BCUT2D eigenvalue weighted by atomic mass is 10.1. The summed E-state index contributed by atoms with van der Waals surface area (Å²) in [5.74, 6) is -3.24. The van der Waals surface area contributed by atoms with E-state index in [2.05, 4.69) is 0 Å². The van der Waals surface area contributed by atoms with Crippen molar-refractivity contribution in [3.63, 3.8) is 0 Å². The largest absolute Gasteiger partial charge is 0.478 e. The maximum absolute atomic E-state index is 12.7. The number of benzene rings is 2. The second kappa shape index (κ2) is 6.03. The molecule has 0 aliphatic carbocycles. The van der Waals surface area contributed by atoms with E-state index in [1.54, 1.807) is 0 Å². The molecule has 0 saturated carbocycles. The summed E-state index contributed by atoms with van der Waals surface area (Å²) >= 11 is 5.94. The van der Waals surface area contributed by atoms with Crippen molar-refractivity contribution in [3.8, 4) is 5.75 Å². The molecule has 0 spiro atoms. The monoisotopic (exact) mass is 359 g/mol. The summed E-state index contributed by atoms with van der Waals surface area (Å²) in [6.45, 7) is 1.18. The van der Waals surface area contributed by atoms with Crippen LogP contribution in [0.4, 0.5) is 5.69 Å². The summed E-state index contributed by atoms with van der Waals surface area (Å²) in [6.07, 6.45) is 0. The molecule has 0 bridgehead atoms. The van der Waals surface area contributed by atoms with Gasteiger partial charge in [-0.1, -0.05) is 11.6 Å². The lowest BCUT2D eigenvalue weighted by Gasteiger charge is -2.17. The minimum absolute atomic E-state index is 0.00535. The van der Waals surface area contributed by atoms with Crippen LogP contribution in [0.3, 0.4) is 0 Å². The summed E-state index contributed by atoms with van der Waals surface area (Å²) in [5, 5.41) is 9.28. The van der Waals surface area contributed by atoms with E-state index in [9.17, 15) is 19.2 Å². The topological polar surface area (TPSA) is 101 Å². The molecule has 0 fully saturated rings. The van der Waals surface area contributed by atoms with Crippen LogP contribution in [0.2, 0.25) is 5.02 Å². The van der Waals surface area contributed by atoms with E-state index >= 15 is 0 Å². The van der Waals surface area contributed by atoms with Gasteiger partial charge in [0.2, 0.25) is 0 Å². The number of ether oxygens (including phenoxy) is 1. The van der Waals surface area contributed by atoms with Gasteiger partial charge in [0.1, 0.15) is 0 Å². The van der Waals surface area contributed by atoms with Gasteiger partial charge in [0.15, 0.2) is 5.75 Å². The Labute approximate surface area is 146 Å². The number of hydrogen-bond donors (Lipinski definition) is 1. The van der Waals surface area contributed by atoms with Crippen molar-refractivity contribution in [1.29, 1.82) is 0 Å². The van der Waals surface area contributed by atoms with E-state index in [4.69, 9.17) is 21.4 Å². The molecule has 8 heteroatoms. The van der Waals surface area contributed by atoms with Gasteiger partial charge in [0.05, 0.1) is 22.4 Å². The van der Waals surface area contributed by atoms with Gasteiger partial charge < -0.3 is 9.84 Å². The molecule has 0 aromatic heterocycles. The highest BCUT2D eigenvalue weighted by atomic mass is 35.5. The highest BCUT2D eigenvalue weighted by molar-refractivity contribution is 6.36. The molecule has 2 aromatic carbocycles. The fourth-order valence-corrected chi connectivity index (χ4v) is 2.67. The molecule has 0 radical (unpaired) electrons. The highest BCUT2D eigenvalue weighted by Gasteiger charge is 2.38. The molecular formula is C17H10ClNO6. The molecule has 25 heavy (non-hydrogen) atoms. The Bertz CT molecular complexity index is 952. The zero-order valence-corrected chi connectivity index (χ0v) is 13.5. The molecule has 0 saturated heterocycles. The van der Waals surface area contributed by atoms with Crippen molar-refractivity contribution < 1.29 is 29.0 Å². The molecular weight excluding hydrogens is 350 g/mol. The number of carbonyl (C=O) groups excluding carboxylic acids is 3. The molecule has 1 aliphatic heterocycles. The maximum Gasteiger partial charge on any atom is 0.335 e. The van der Waals surface area contributed by atoms with Gasteiger partial charge in [0.25, 0.3) is 11.8 Å². The number of carboxylic acids is 1. The predicted molar refractivity (Wildman–Crippen MR) is 87.3 cm³/mol. The third-order valence-corrected chi connectivity index (χ3v) is 3.78. The Morgan fingerprint density at radius 2 is 1.72 bits per heavy atom. The number of anilines is 1. The molecule has 2 aromatic rings. The third kappa shape index (κ3) is 2.85. The highest BCUT2D eigenvalue weighted by Crippen LogP contribution is 2.37. The van der Waals surface area contributed by atoms with Crippen LogP contribution in [0, 0.1) is 0 Å². The van der Waals surface area contributed by atoms with Gasteiger partial charge in [0, 0.05) is 11.9 Å². The van der Waals surface area contributed by atoms with E-state index in [1.165, 1.54) is 37.3 Å². The van der Waals surface area contributed by atoms with Crippen LogP contribution in [0.25, 0.3) is 0 Å². The van der Waals surface area contributed by atoms with Crippen LogP contribution in [-0.4, -0.2) is 28.9 Å². The van der Waals surface area contributed by atoms with Crippen molar-refractivity contribution in [2.45, 2.75) is 6.92 Å². The van der Waals surface area contributed by atoms with Gasteiger partial charge in [-0.2, -0.15) is 0 Å². The molecule has 1 N–H and O–H groups in total. The standard InChI is InChI=1S/C17H10ClNO6/c1-8(20)25-14-5-3-10(18)7-13(14)19-15(21)11-4-2-9(17(23)24)6-12(11)16(19)22/h2-7H,1H3,(H,23,24). The van der Waals surface area contributed by atoms with Crippen molar-refractivity contribution in [1.82, 2.24) is 0 Å². The van der Waals surface area contributed by atoms with E-state index in [0.717, 1.165) is 11.0 Å². The average molecular weight is 360 g/mol. The Hall–Kier alpha value is -3.19. The summed E-state index contributed by atoms with van der Waals surface area (Å²) < 4.78 is 5.03. The Morgan fingerprint density at radius 1 is 1.04 bits per heavy atom. The van der Waals surface area contributed by atoms with Crippen molar-refractivity contribution >= 4 is 41.0 Å². The number of nitrogens with zero attached hydrogens (tertiary/aromatic N) is 1. The molecule has 0 unspecified atom stereocenters. The van der Waals surface area contributed by atoms with Gasteiger partial charge in [-0.3, -0.25) is 14.4 Å². The smallest absolute Gasteiger partial charge is 0.335 e. The normalized spacial score (nSPS) is 13.0. The first-order chi connectivity index (χ1) is 11.8. The number of hydrogen-bond acceptors (Lipinski definition) is 5. The van der Waals surface area contributed by atoms with Gasteiger partial charge in [-0.15, -0.1) is 0 Å². The summed E-state index contributed by atoms with van der Waals surface area (Å²) in [5.41, 5.74) is -0.0961. The minimum atomic E-state index is -1.22. The summed E-state index contributed by atoms with van der Waals surface area (Å²) in [6, 6.07) is 7.78. The molecule has 3 rings (SSSR count). The first kappa shape index (κ1) is 16.7. The molecule has 2 amide bonds. The number of halogens is 1. The van der Waals surface area contributed by atoms with E-state index in [-0.39, 0.29) is 33.1 Å². The molecule has 1 heterocycles. The molecule has 7 nitrogen and oxygen atoms in total. The molecule has 1 aliphatic rings. The van der Waals surface area contributed by atoms with Crippen LogP contribution in [0.1, 0.15) is 38.0 Å². The number of carbonyl (C=O) groups is 4. The van der Waals surface area contributed by atoms with E-state index in [0.29, 0.717) is 0 Å². The summed E-state index contributed by atoms with van der Waals surface area (Å²) in [4.78, 5) is 48.4. The van der Waals surface area contributed by atoms with E-state index < -0.39 is 23.8 Å². The van der Waals surface area contributed by atoms with E-state index in [1.807, 2.05) is 0 Å². The SMILES string of the molecule is CC(=O)Oc1ccc(Cl)cc1N1C(=O)c2ccc(C(=O)O)cc2C1=O. The number of esters is 1. The fraction of sp³-hybridized carbons (Fsp3) is 0.0588. The van der Waals surface area contributed by atoms with Gasteiger partial charge in [-0.05, 0) is 36.4 Å². The zero-order chi connectivity index (χ0) is 18.3. The second-order valence-electron chi connectivity index (χ2n) is 5.22. The number of amides is 2. The van der Waals surface area contributed by atoms with Crippen molar-refractivity contribution in [3.05, 3.63) is 58.1 Å². The molecule has 0 atom stereocenters. The first-order valence-corrected chi connectivity index (χ1v) is 7.41. The Balaban J connectivity index is 2.12. The van der Waals surface area contributed by atoms with Crippen molar-refractivity contribution in [2.24, 2.45) is 0 Å². The minimum Gasteiger partial charge on any atom is -0.478 e. The number of imide groups is 1. The number of rotatable bonds is 3. The Kier molecular flexibility index (Phi) is 4.02. The third-order valence-electron chi connectivity index (χ3n) is 3.55. The second-order valence-corrected chi connectivity index (χ2v) is 5.65. The zero-order valence-electron chi connectivity index (χ0n) is 12.8. The predicted octanol–water partition coefficient (Wildman–Crippen LogP) is 2.76. The molecule has 126 valence electrons. The van der Waals surface area contributed by atoms with Crippen LogP contribution in [0.15, 0.2) is 36.4 Å².